The Morgan fingerprint density at radius 2 is 0.711 bits per heavy atom. The molecule has 0 fully saturated rings. The zero-order valence-corrected chi connectivity index (χ0v) is 30.1. The fraction of sp³-hybridized carbons (Fsp3) is 0.842. The largest absolute Gasteiger partial charge is 0.379 e. The van der Waals surface area contributed by atoms with E-state index in [1.54, 1.807) is 11.3 Å². The quantitative estimate of drug-likeness (QED) is 0.0704. The van der Waals surface area contributed by atoms with Gasteiger partial charge in [0.15, 0.2) is 0 Å². The highest BCUT2D eigenvalue weighted by molar-refractivity contribution is 7.09. The minimum absolute atomic E-state index is 0.628. The highest BCUT2D eigenvalue weighted by Gasteiger charge is 2.10. The van der Waals surface area contributed by atoms with Crippen molar-refractivity contribution in [3.8, 4) is 0 Å². The molecule has 2 heterocycles. The standard InChI is InChI=1S/C38H68N2O4S/c1-3-5-7-9-11-13-15-17-19-21-25-41-29-31-43-27-23-35-36(40-38-34-45-33-37(38)39-35)24-28-44-32-30-42-26-22-20-18-16-14-12-10-8-6-4-2/h33-34H,3-32H2,1-2H3. The second kappa shape index (κ2) is 30.2. The first kappa shape index (κ1) is 40.1. The molecule has 0 radical (unpaired) electrons. The Hall–Kier alpha value is -1.12. The van der Waals surface area contributed by atoms with Crippen molar-refractivity contribution in [1.29, 1.82) is 0 Å². The fourth-order valence-corrected chi connectivity index (χ4v) is 6.31. The predicted molar refractivity (Wildman–Crippen MR) is 192 cm³/mol. The molecule has 0 aliphatic heterocycles. The molecule has 0 unspecified atom stereocenters. The van der Waals surface area contributed by atoms with Crippen molar-refractivity contribution in [1.82, 2.24) is 9.97 Å². The van der Waals surface area contributed by atoms with E-state index in [1.807, 2.05) is 0 Å². The van der Waals surface area contributed by atoms with Crippen molar-refractivity contribution in [2.75, 3.05) is 52.9 Å². The number of unbranched alkanes of at least 4 members (excludes halogenated alkanes) is 18. The summed E-state index contributed by atoms with van der Waals surface area (Å²) in [6, 6.07) is 0. The first-order valence-corrected chi connectivity index (χ1v) is 19.8. The van der Waals surface area contributed by atoms with Gasteiger partial charge in [-0.1, -0.05) is 129 Å². The Bertz CT molecular complexity index is 839. The van der Waals surface area contributed by atoms with Crippen molar-refractivity contribution in [2.24, 2.45) is 0 Å². The van der Waals surface area contributed by atoms with Crippen LogP contribution in [0.3, 0.4) is 0 Å². The summed E-state index contributed by atoms with van der Waals surface area (Å²) in [5, 5.41) is 4.14. The summed E-state index contributed by atoms with van der Waals surface area (Å²) in [7, 11) is 0. The lowest BCUT2D eigenvalue weighted by atomic mass is 10.1. The Balaban J connectivity index is 1.45. The van der Waals surface area contributed by atoms with Crippen molar-refractivity contribution < 1.29 is 18.9 Å². The van der Waals surface area contributed by atoms with Gasteiger partial charge in [-0.05, 0) is 12.8 Å². The molecule has 0 N–H and O–H groups in total. The highest BCUT2D eigenvalue weighted by atomic mass is 32.1. The monoisotopic (exact) mass is 648 g/mol. The van der Waals surface area contributed by atoms with Gasteiger partial charge < -0.3 is 18.9 Å². The van der Waals surface area contributed by atoms with Crippen LogP contribution in [0.5, 0.6) is 0 Å². The number of fused-ring (bicyclic) bond motifs is 1. The van der Waals surface area contributed by atoms with Crippen LogP contribution in [0.4, 0.5) is 0 Å². The SMILES string of the molecule is CCCCCCCCCCCCOCCOCCc1nc2cscc2nc1CCOCCOCCCCCCCCCCCC. The first-order chi connectivity index (χ1) is 22.3. The zero-order chi connectivity index (χ0) is 31.9. The lowest BCUT2D eigenvalue weighted by Gasteiger charge is -2.10. The molecule has 0 aliphatic carbocycles. The van der Waals surface area contributed by atoms with Crippen molar-refractivity contribution in [2.45, 2.75) is 155 Å². The third-order valence-corrected chi connectivity index (χ3v) is 9.18. The molecule has 0 amide bonds. The Kier molecular flexibility index (Phi) is 26.9. The Morgan fingerprint density at radius 1 is 0.400 bits per heavy atom. The second-order valence-electron chi connectivity index (χ2n) is 12.6. The topological polar surface area (TPSA) is 62.7 Å². The average molecular weight is 649 g/mol. The lowest BCUT2D eigenvalue weighted by molar-refractivity contribution is 0.0459. The number of rotatable bonds is 34. The molecule has 0 aromatic carbocycles. The lowest BCUT2D eigenvalue weighted by Crippen LogP contribution is -2.12. The summed E-state index contributed by atoms with van der Waals surface area (Å²) in [6.45, 7) is 10.1. The van der Waals surface area contributed by atoms with Crippen LogP contribution in [0, 0.1) is 0 Å². The van der Waals surface area contributed by atoms with Crippen LogP contribution in [-0.4, -0.2) is 62.8 Å². The Morgan fingerprint density at radius 3 is 1.07 bits per heavy atom. The van der Waals surface area contributed by atoms with Crippen LogP contribution in [0.25, 0.3) is 11.0 Å². The number of hydrogen-bond acceptors (Lipinski definition) is 7. The van der Waals surface area contributed by atoms with Crippen LogP contribution >= 0.6 is 11.3 Å². The van der Waals surface area contributed by atoms with E-state index in [0.29, 0.717) is 39.6 Å². The van der Waals surface area contributed by atoms with Crippen LogP contribution in [0.2, 0.25) is 0 Å². The van der Waals surface area contributed by atoms with Crippen molar-refractivity contribution in [3.05, 3.63) is 22.1 Å². The molecule has 2 aromatic heterocycles. The van der Waals surface area contributed by atoms with Crippen LogP contribution in [0.15, 0.2) is 10.8 Å². The van der Waals surface area contributed by atoms with E-state index in [4.69, 9.17) is 28.9 Å². The molecule has 0 bridgehead atoms. The molecule has 6 nitrogen and oxygen atoms in total. The second-order valence-corrected chi connectivity index (χ2v) is 13.3. The van der Waals surface area contributed by atoms with Gasteiger partial charge in [0, 0.05) is 36.8 Å². The third kappa shape index (κ3) is 22.1. The molecule has 0 atom stereocenters. The van der Waals surface area contributed by atoms with Gasteiger partial charge in [-0.2, -0.15) is 0 Å². The maximum atomic E-state index is 5.88. The molecule has 0 aliphatic rings. The molecule has 0 saturated heterocycles. The number of hydrogen-bond donors (Lipinski definition) is 0. The van der Waals surface area contributed by atoms with Gasteiger partial charge in [-0.15, -0.1) is 11.3 Å². The first-order valence-electron chi connectivity index (χ1n) is 18.9. The molecule has 0 spiro atoms. The average Bonchev–Trinajstić information content (AvgIpc) is 3.51. The van der Waals surface area contributed by atoms with Gasteiger partial charge in [0.25, 0.3) is 0 Å². The Labute approximate surface area is 280 Å². The van der Waals surface area contributed by atoms with Crippen LogP contribution in [0.1, 0.15) is 154 Å². The van der Waals surface area contributed by atoms with E-state index in [0.717, 1.165) is 61.3 Å². The molecule has 260 valence electrons. The summed E-state index contributed by atoms with van der Waals surface area (Å²) in [6.07, 6.45) is 28.5. The van der Waals surface area contributed by atoms with Gasteiger partial charge in [-0.25, -0.2) is 9.97 Å². The van der Waals surface area contributed by atoms with Gasteiger partial charge >= 0.3 is 0 Å². The molecular formula is C38H68N2O4S. The highest BCUT2D eigenvalue weighted by Crippen LogP contribution is 2.18. The number of thiophene rings is 1. The van der Waals surface area contributed by atoms with E-state index in [2.05, 4.69) is 24.6 Å². The van der Waals surface area contributed by atoms with Crippen molar-refractivity contribution >= 4 is 22.4 Å². The number of aromatic nitrogens is 2. The van der Waals surface area contributed by atoms with Gasteiger partial charge in [0.05, 0.1) is 62.1 Å². The third-order valence-electron chi connectivity index (χ3n) is 8.46. The molecule has 0 saturated carbocycles. The van der Waals surface area contributed by atoms with Crippen molar-refractivity contribution in [3.63, 3.8) is 0 Å². The molecular weight excluding hydrogens is 580 g/mol. The molecule has 45 heavy (non-hydrogen) atoms. The minimum atomic E-state index is 0.628. The zero-order valence-electron chi connectivity index (χ0n) is 29.3. The van der Waals surface area contributed by atoms with Gasteiger partial charge in [-0.3, -0.25) is 0 Å². The van der Waals surface area contributed by atoms with E-state index < -0.39 is 0 Å². The normalized spacial score (nSPS) is 11.7. The maximum Gasteiger partial charge on any atom is 0.0997 e. The summed E-state index contributed by atoms with van der Waals surface area (Å²) in [5.41, 5.74) is 3.99. The predicted octanol–water partition coefficient (Wildman–Crippen LogP) is 10.7. The minimum Gasteiger partial charge on any atom is -0.379 e. The maximum absolute atomic E-state index is 5.88. The van der Waals surface area contributed by atoms with Gasteiger partial charge in [0.2, 0.25) is 0 Å². The molecule has 7 heteroatoms. The summed E-state index contributed by atoms with van der Waals surface area (Å²) < 4.78 is 23.3. The molecule has 2 aromatic rings. The van der Waals surface area contributed by atoms with E-state index in [9.17, 15) is 0 Å². The molecule has 2 rings (SSSR count). The smallest absolute Gasteiger partial charge is 0.0997 e. The van der Waals surface area contributed by atoms with E-state index in [1.165, 1.54) is 116 Å². The summed E-state index contributed by atoms with van der Waals surface area (Å²) >= 11 is 1.65. The summed E-state index contributed by atoms with van der Waals surface area (Å²) in [4.78, 5) is 9.78. The van der Waals surface area contributed by atoms with Crippen LogP contribution in [-0.2, 0) is 31.8 Å². The fourth-order valence-electron chi connectivity index (χ4n) is 5.64. The van der Waals surface area contributed by atoms with Gasteiger partial charge in [0.1, 0.15) is 0 Å². The number of ether oxygens (including phenoxy) is 4. The van der Waals surface area contributed by atoms with E-state index in [-0.39, 0.29) is 0 Å². The summed E-state index contributed by atoms with van der Waals surface area (Å²) in [5.74, 6) is 0. The number of nitrogens with zero attached hydrogens (tertiary/aromatic N) is 2. The van der Waals surface area contributed by atoms with Crippen LogP contribution < -0.4 is 0 Å². The van der Waals surface area contributed by atoms with E-state index >= 15 is 0 Å².